The van der Waals surface area contributed by atoms with E-state index in [4.69, 9.17) is 13.6 Å². The molecule has 0 fully saturated rings. The van der Waals surface area contributed by atoms with Crippen molar-refractivity contribution in [3.05, 3.63) is 89.1 Å². The van der Waals surface area contributed by atoms with Gasteiger partial charge in [0, 0.05) is 6.21 Å². The van der Waals surface area contributed by atoms with Gasteiger partial charge in [-0.1, -0.05) is 18.2 Å². The maximum absolute atomic E-state index is 13.2. The van der Waals surface area contributed by atoms with E-state index in [1.807, 2.05) is 30.3 Å². The molecule has 0 amide bonds. The minimum atomic E-state index is -0.296. The second-order valence-corrected chi connectivity index (χ2v) is 6.69. The van der Waals surface area contributed by atoms with E-state index >= 15 is 0 Å². The van der Waals surface area contributed by atoms with Gasteiger partial charge in [0.05, 0.1) is 29.7 Å². The number of benzene rings is 2. The number of fused-ring (bicyclic) bond motifs is 2. The van der Waals surface area contributed by atoms with Gasteiger partial charge in [-0.05, 0) is 54.6 Å². The minimum absolute atomic E-state index is 0.296. The van der Waals surface area contributed by atoms with E-state index in [2.05, 4.69) is 10.1 Å². The number of methoxy groups -OCH3 is 1. The molecule has 0 aliphatic rings. The molecule has 5 aromatic rings. The third kappa shape index (κ3) is 3.42. The van der Waals surface area contributed by atoms with E-state index in [0.717, 1.165) is 5.39 Å². The molecule has 3 heterocycles. The molecule has 3 aromatic heterocycles. The zero-order chi connectivity index (χ0) is 21.2. The molecule has 0 N–H and O–H groups in total. The first-order chi connectivity index (χ1) is 15.2. The van der Waals surface area contributed by atoms with E-state index in [9.17, 15) is 4.79 Å². The van der Waals surface area contributed by atoms with Crippen molar-refractivity contribution in [2.24, 2.45) is 5.10 Å². The second kappa shape index (κ2) is 7.79. The van der Waals surface area contributed by atoms with Crippen LogP contribution in [0.3, 0.4) is 0 Å². The first-order valence-corrected chi connectivity index (χ1v) is 9.58. The normalized spacial score (nSPS) is 11.9. The second-order valence-electron chi connectivity index (χ2n) is 6.69. The average Bonchev–Trinajstić information content (AvgIpc) is 3.47. The zero-order valence-corrected chi connectivity index (χ0v) is 16.6. The predicted molar refractivity (Wildman–Crippen MR) is 119 cm³/mol. The number of furan rings is 2. The topological polar surface area (TPSA) is 82.8 Å². The van der Waals surface area contributed by atoms with E-state index in [1.165, 1.54) is 10.9 Å². The summed E-state index contributed by atoms with van der Waals surface area (Å²) >= 11 is 0. The number of nitrogens with zero attached hydrogens (tertiary/aromatic N) is 3. The zero-order valence-electron chi connectivity index (χ0n) is 16.6. The lowest BCUT2D eigenvalue weighted by Gasteiger charge is -2.06. The Bertz CT molecular complexity index is 1490. The highest BCUT2D eigenvalue weighted by Gasteiger charge is 2.17. The molecular weight excluding hydrogens is 394 g/mol. The highest BCUT2D eigenvalue weighted by atomic mass is 16.5. The molecule has 0 aliphatic carbocycles. The summed E-state index contributed by atoms with van der Waals surface area (Å²) in [6, 6.07) is 18.1. The molecule has 0 aliphatic heterocycles. The molecule has 7 heteroatoms. The highest BCUT2D eigenvalue weighted by molar-refractivity contribution is 5.88. The van der Waals surface area contributed by atoms with Crippen molar-refractivity contribution >= 4 is 34.2 Å². The van der Waals surface area contributed by atoms with Gasteiger partial charge >= 0.3 is 0 Å². The summed E-state index contributed by atoms with van der Waals surface area (Å²) in [5.41, 5.74) is 0.896. The quantitative estimate of drug-likeness (QED) is 0.382. The van der Waals surface area contributed by atoms with Gasteiger partial charge in [0.1, 0.15) is 17.1 Å². The molecular formula is C24H17N3O4. The van der Waals surface area contributed by atoms with Crippen LogP contribution in [0.15, 0.2) is 91.7 Å². The van der Waals surface area contributed by atoms with E-state index in [-0.39, 0.29) is 5.56 Å². The van der Waals surface area contributed by atoms with Gasteiger partial charge in [-0.2, -0.15) is 9.78 Å². The Morgan fingerprint density at radius 1 is 1.06 bits per heavy atom. The third-order valence-corrected chi connectivity index (χ3v) is 4.79. The number of aromatic nitrogens is 2. The van der Waals surface area contributed by atoms with Gasteiger partial charge in [0.15, 0.2) is 5.76 Å². The molecule has 0 unspecified atom stereocenters. The van der Waals surface area contributed by atoms with E-state index < -0.39 is 0 Å². The van der Waals surface area contributed by atoms with Gasteiger partial charge in [0.2, 0.25) is 5.82 Å². The lowest BCUT2D eigenvalue weighted by molar-refractivity contribution is 0.419. The van der Waals surface area contributed by atoms with Crippen LogP contribution in [-0.2, 0) is 0 Å². The van der Waals surface area contributed by atoms with Gasteiger partial charge in [-0.3, -0.25) is 4.79 Å². The Hall–Kier alpha value is -4.39. The molecule has 5 rings (SSSR count). The Balaban J connectivity index is 1.68. The number of allylic oxidation sites excluding steroid dienone is 1. The molecule has 0 spiro atoms. The molecule has 0 bridgehead atoms. The highest BCUT2D eigenvalue weighted by Crippen LogP contribution is 2.32. The lowest BCUT2D eigenvalue weighted by Crippen LogP contribution is -2.20. The van der Waals surface area contributed by atoms with Gasteiger partial charge in [-0.15, -0.1) is 0 Å². The fourth-order valence-corrected chi connectivity index (χ4v) is 3.34. The van der Waals surface area contributed by atoms with Crippen LogP contribution < -0.4 is 10.3 Å². The largest absolute Gasteiger partial charge is 0.496 e. The fraction of sp³-hybridized carbons (Fsp3) is 0.0417. The molecule has 7 nitrogen and oxygen atoms in total. The number of hydrogen-bond donors (Lipinski definition) is 0. The number of ether oxygens (including phenoxy) is 1. The number of para-hydroxylation sites is 1. The number of rotatable bonds is 5. The monoisotopic (exact) mass is 411 g/mol. The summed E-state index contributed by atoms with van der Waals surface area (Å²) < 4.78 is 17.9. The Labute approximate surface area is 176 Å². The predicted octanol–water partition coefficient (Wildman–Crippen LogP) is 4.96. The SMILES string of the molecule is COc1cccc2oc(-c3nc4ccccc4c(=O)n3N=C/C=C/c3ccco3)cc12. The summed E-state index contributed by atoms with van der Waals surface area (Å²) in [4.78, 5) is 17.8. The van der Waals surface area contributed by atoms with Crippen molar-refractivity contribution in [3.8, 4) is 17.3 Å². The number of hydrogen-bond acceptors (Lipinski definition) is 6. The van der Waals surface area contributed by atoms with Gasteiger partial charge in [-0.25, -0.2) is 4.98 Å². The Morgan fingerprint density at radius 3 is 2.81 bits per heavy atom. The first-order valence-electron chi connectivity index (χ1n) is 9.58. The van der Waals surface area contributed by atoms with Crippen molar-refractivity contribution in [3.63, 3.8) is 0 Å². The molecule has 0 saturated carbocycles. The van der Waals surface area contributed by atoms with Crippen LogP contribution in [0.25, 0.3) is 39.5 Å². The summed E-state index contributed by atoms with van der Waals surface area (Å²) in [5, 5.41) is 5.59. The fourth-order valence-electron chi connectivity index (χ4n) is 3.34. The average molecular weight is 411 g/mol. The lowest BCUT2D eigenvalue weighted by atomic mass is 10.2. The molecule has 0 atom stereocenters. The van der Waals surface area contributed by atoms with Crippen LogP contribution in [0, 0.1) is 0 Å². The summed E-state index contributed by atoms with van der Waals surface area (Å²) in [7, 11) is 1.60. The van der Waals surface area contributed by atoms with Gasteiger partial charge in [0.25, 0.3) is 5.56 Å². The third-order valence-electron chi connectivity index (χ3n) is 4.79. The first kappa shape index (κ1) is 18.6. The van der Waals surface area contributed by atoms with Crippen molar-refractivity contribution in [1.29, 1.82) is 0 Å². The summed E-state index contributed by atoms with van der Waals surface area (Å²) in [6.45, 7) is 0. The van der Waals surface area contributed by atoms with Crippen LogP contribution in [0.1, 0.15) is 5.76 Å². The maximum Gasteiger partial charge on any atom is 0.282 e. The smallest absolute Gasteiger partial charge is 0.282 e. The van der Waals surface area contributed by atoms with Crippen LogP contribution in [0.2, 0.25) is 0 Å². The minimum Gasteiger partial charge on any atom is -0.496 e. The van der Waals surface area contributed by atoms with Crippen LogP contribution in [0.4, 0.5) is 0 Å². The Kier molecular flexibility index (Phi) is 4.68. The van der Waals surface area contributed by atoms with Crippen molar-refractivity contribution in [2.45, 2.75) is 0 Å². The van der Waals surface area contributed by atoms with Crippen LogP contribution in [0.5, 0.6) is 5.75 Å². The Morgan fingerprint density at radius 2 is 1.97 bits per heavy atom. The molecule has 0 radical (unpaired) electrons. The maximum atomic E-state index is 13.2. The molecule has 152 valence electrons. The van der Waals surface area contributed by atoms with Gasteiger partial charge < -0.3 is 13.6 Å². The van der Waals surface area contributed by atoms with Crippen LogP contribution in [-0.4, -0.2) is 23.0 Å². The van der Waals surface area contributed by atoms with E-state index in [1.54, 1.807) is 55.9 Å². The van der Waals surface area contributed by atoms with Crippen molar-refractivity contribution in [1.82, 2.24) is 9.66 Å². The molecule has 2 aromatic carbocycles. The van der Waals surface area contributed by atoms with Crippen molar-refractivity contribution < 1.29 is 13.6 Å². The molecule has 31 heavy (non-hydrogen) atoms. The van der Waals surface area contributed by atoms with Crippen LogP contribution >= 0.6 is 0 Å². The standard InChI is InChI=1S/C24H17N3O4/c1-29-20-11-4-12-21-18(20)15-22(31-21)23-26-19-10-3-2-9-17(19)24(28)27(23)25-13-5-7-16-8-6-14-30-16/h2-15H,1H3/b7-5+,25-13?. The van der Waals surface area contributed by atoms with E-state index in [0.29, 0.717) is 39.6 Å². The summed E-state index contributed by atoms with van der Waals surface area (Å²) in [5.74, 6) is 2.06. The summed E-state index contributed by atoms with van der Waals surface area (Å²) in [6.07, 6.45) is 6.52. The molecule has 0 saturated heterocycles. The van der Waals surface area contributed by atoms with Crippen molar-refractivity contribution in [2.75, 3.05) is 7.11 Å².